The number of ether oxygens (including phenoxy) is 5. The van der Waals surface area contributed by atoms with Gasteiger partial charge in [-0.2, -0.15) is 16.8 Å². The van der Waals surface area contributed by atoms with Gasteiger partial charge in [0.05, 0.1) is 51.9 Å². The van der Waals surface area contributed by atoms with Crippen LogP contribution in [-0.4, -0.2) is 138 Å². The van der Waals surface area contributed by atoms with E-state index in [0.29, 0.717) is 149 Å². The van der Waals surface area contributed by atoms with Crippen LogP contribution in [0.4, 0.5) is 0 Å². The van der Waals surface area contributed by atoms with Gasteiger partial charge in [-0.15, -0.1) is 0 Å². The number of sulfonamides is 3. The second-order valence-electron chi connectivity index (χ2n) is 27.0. The Morgan fingerprint density at radius 3 is 1.35 bits per heavy atom. The van der Waals surface area contributed by atoms with Crippen LogP contribution in [0.25, 0.3) is 32.7 Å². The number of methoxy groups -OCH3 is 1. The molecule has 11 aromatic rings. The molecule has 0 unspecified atom stereocenters. The highest BCUT2D eigenvalue weighted by atomic mass is 35.5. The zero-order valence-electron chi connectivity index (χ0n) is 63.4. The summed E-state index contributed by atoms with van der Waals surface area (Å²) in [5, 5.41) is 5.10. The molecule has 0 saturated carbocycles. The number of amides is 4. The van der Waals surface area contributed by atoms with Gasteiger partial charge < -0.3 is 52.1 Å². The lowest BCUT2D eigenvalue weighted by molar-refractivity contribution is 0.0296. The Hall–Kier alpha value is -9.20. The molecule has 5 N–H and O–H groups in total. The van der Waals surface area contributed by atoms with Gasteiger partial charge >= 0.3 is 5.97 Å². The van der Waals surface area contributed by atoms with Crippen molar-refractivity contribution in [3.05, 3.63) is 224 Å². The summed E-state index contributed by atoms with van der Waals surface area (Å²) in [6.07, 6.45) is 4.02. The smallest absolute Gasteiger partial charge is 0.341 e. The standard InChI is InChI=1S/C30H32Cl2N4O6S.C27H26Cl2N2O7S.C22H24Cl2N2O4S/c1-18-15-21(16-19(2)27(18)32)42-12-4-5-23-22-7-6-20(31)17-24(22)33-28(23)29(37)34-43(39,40)26-9-8-25(35(26)3)30(38)36-10-13-41-14-11-36;1-14-10-18(11-15(2)24(14)29)37-9-5-6-20-19-8-7-17(28)12-22(19)30-25(20)26(32)31-39(34,35)23-13-21(16(3)38-23)27(33)36-4;1-13-10-16(11-14(2)20(13)24)30-9-5-6-18-17-8-7-15(23)12-19(17)26(3)21(18)22(27)25-31(4,28)29/h6-9,15-17,33H,4-5,10-14H2,1-3H3,(H,34,37);7-8,10-13,30H,5-6,9H2,1-4H3,(H,31,32);7-8,10-12H,5-6,9H2,1-4H3,(H,25,27). The van der Waals surface area contributed by atoms with Gasteiger partial charge in [0.15, 0.2) is 5.03 Å². The molecule has 0 aliphatic carbocycles. The molecule has 6 aromatic carbocycles. The number of hydrogen-bond donors (Lipinski definition) is 5. The van der Waals surface area contributed by atoms with Crippen LogP contribution >= 0.6 is 69.6 Å². The van der Waals surface area contributed by atoms with Crippen LogP contribution in [0.1, 0.15) is 127 Å². The second kappa shape index (κ2) is 36.5. The molecule has 1 aliphatic rings. The van der Waals surface area contributed by atoms with Crippen LogP contribution in [0.5, 0.6) is 17.2 Å². The fraction of sp³-hybridized carbons (Fsp3) is 0.304. The van der Waals surface area contributed by atoms with Crippen molar-refractivity contribution in [2.75, 3.05) is 59.5 Å². The first-order chi connectivity index (χ1) is 53.3. The lowest BCUT2D eigenvalue weighted by Gasteiger charge is -2.27. The van der Waals surface area contributed by atoms with E-state index in [1.54, 1.807) is 65.0 Å². The number of aryl methyl sites for hydroxylation is 11. The number of furan rings is 1. The van der Waals surface area contributed by atoms with E-state index in [4.69, 9.17) is 93.0 Å². The maximum Gasteiger partial charge on any atom is 0.341 e. The van der Waals surface area contributed by atoms with Crippen molar-refractivity contribution in [2.45, 2.75) is 97.1 Å². The molecular weight excluding hydrogens is 1640 g/mol. The third-order valence-electron chi connectivity index (χ3n) is 18.6. The molecule has 1 saturated heterocycles. The highest BCUT2D eigenvalue weighted by molar-refractivity contribution is 7.90. The average Bonchev–Trinajstić information content (AvgIpc) is 1.62. The van der Waals surface area contributed by atoms with Gasteiger partial charge in [0.25, 0.3) is 43.7 Å². The molecule has 0 bridgehead atoms. The summed E-state index contributed by atoms with van der Waals surface area (Å²) in [4.78, 5) is 71.9. The molecule has 5 aromatic heterocycles. The number of hydrogen-bond acceptors (Lipinski definition) is 17. The highest BCUT2D eigenvalue weighted by Gasteiger charge is 2.32. The summed E-state index contributed by atoms with van der Waals surface area (Å²) in [5.74, 6) is -1.29. The number of fused-ring (bicyclic) bond motifs is 3. The van der Waals surface area contributed by atoms with Crippen LogP contribution in [0, 0.1) is 48.5 Å². The molecule has 113 heavy (non-hydrogen) atoms. The lowest BCUT2D eigenvalue weighted by atomic mass is 10.1. The van der Waals surface area contributed by atoms with Crippen molar-refractivity contribution in [3.8, 4) is 17.2 Å². The Morgan fingerprint density at radius 2 is 0.912 bits per heavy atom. The van der Waals surface area contributed by atoms with Crippen LogP contribution < -0.4 is 28.4 Å². The zero-order valence-corrected chi connectivity index (χ0v) is 70.3. The quantitative estimate of drug-likeness (QED) is 0.0262. The first-order valence-corrected chi connectivity index (χ1v) is 42.4. The number of carbonyl (C=O) groups excluding carboxylic acids is 5. The largest absolute Gasteiger partial charge is 0.494 e. The van der Waals surface area contributed by atoms with E-state index in [2.05, 4.69) is 24.1 Å². The van der Waals surface area contributed by atoms with Gasteiger partial charge in [0.1, 0.15) is 51.3 Å². The minimum atomic E-state index is -4.44. The van der Waals surface area contributed by atoms with Gasteiger partial charge in [0, 0.05) is 90.6 Å². The minimum Gasteiger partial charge on any atom is -0.494 e. The molecule has 12 rings (SSSR count). The van der Waals surface area contributed by atoms with Gasteiger partial charge in [-0.05, 0) is 222 Å². The molecular formula is C79H82Cl6N8O17S3. The number of benzene rings is 6. The predicted molar refractivity (Wildman–Crippen MR) is 437 cm³/mol. The maximum atomic E-state index is 13.5. The number of rotatable bonds is 25. The fourth-order valence-corrected chi connectivity index (χ4v) is 16.5. The van der Waals surface area contributed by atoms with Gasteiger partial charge in [0.2, 0.25) is 15.1 Å². The number of morpholine rings is 1. The van der Waals surface area contributed by atoms with E-state index in [9.17, 15) is 49.2 Å². The van der Waals surface area contributed by atoms with Gasteiger partial charge in [-0.1, -0.05) is 87.8 Å². The Labute approximate surface area is 683 Å². The Morgan fingerprint density at radius 1 is 0.496 bits per heavy atom. The lowest BCUT2D eigenvalue weighted by Crippen LogP contribution is -2.41. The summed E-state index contributed by atoms with van der Waals surface area (Å²) in [5.41, 5.74) is 10.1. The fourth-order valence-electron chi connectivity index (χ4n) is 13.1. The molecule has 6 heterocycles. The van der Waals surface area contributed by atoms with Crippen molar-refractivity contribution >= 4 is 162 Å². The molecule has 1 fully saturated rings. The number of nitrogens with one attached hydrogen (secondary N) is 5. The first kappa shape index (κ1) is 86.2. The maximum absolute atomic E-state index is 13.5. The van der Waals surface area contributed by atoms with E-state index in [0.717, 1.165) is 90.8 Å². The third kappa shape index (κ3) is 20.7. The summed E-state index contributed by atoms with van der Waals surface area (Å²) in [7, 11) is -8.11. The molecule has 0 atom stereocenters. The van der Waals surface area contributed by atoms with E-state index >= 15 is 0 Å². The first-order valence-electron chi connectivity index (χ1n) is 35.3. The Kier molecular flexibility index (Phi) is 27.9. The summed E-state index contributed by atoms with van der Waals surface area (Å²) in [6, 6.07) is 30.7. The van der Waals surface area contributed by atoms with Crippen molar-refractivity contribution in [1.82, 2.24) is 38.2 Å². The van der Waals surface area contributed by atoms with E-state index in [1.165, 1.54) is 30.7 Å². The molecule has 600 valence electrons. The number of nitrogens with zero attached hydrogens (tertiary/aromatic N) is 3. The Bertz CT molecular complexity index is 5820. The van der Waals surface area contributed by atoms with Gasteiger partial charge in [-0.25, -0.2) is 27.4 Å². The minimum absolute atomic E-state index is 0.0432. The number of H-pyrrole nitrogens is 2. The molecule has 0 radical (unpaired) electrons. The summed E-state index contributed by atoms with van der Waals surface area (Å²) >= 11 is 37.2. The molecule has 1 aliphatic heterocycles. The topological polar surface area (TPSA) is 328 Å². The second-order valence-corrected chi connectivity index (χ2v) is 34.4. The number of carbonyl (C=O) groups is 5. The summed E-state index contributed by atoms with van der Waals surface area (Å²) in [6.45, 7) is 15.7. The molecule has 25 nitrogen and oxygen atoms in total. The third-order valence-corrected chi connectivity index (χ3v) is 24.2. The average molecular weight is 1720 g/mol. The molecule has 4 amide bonds. The van der Waals surface area contributed by atoms with Crippen molar-refractivity contribution in [3.63, 3.8) is 0 Å². The van der Waals surface area contributed by atoms with Gasteiger partial charge in [-0.3, -0.25) is 19.2 Å². The monoisotopic (exact) mass is 1720 g/mol. The van der Waals surface area contributed by atoms with Crippen LogP contribution in [0.15, 0.2) is 124 Å². The highest BCUT2D eigenvalue weighted by Crippen LogP contribution is 2.35. The number of aromatic amines is 2. The summed E-state index contributed by atoms with van der Waals surface area (Å²) < 4.78 is 118. The van der Waals surface area contributed by atoms with E-state index in [1.807, 2.05) is 88.7 Å². The molecule has 34 heteroatoms. The normalized spacial score (nSPS) is 12.5. The Balaban J connectivity index is 0.000000182. The molecule has 0 spiro atoms. The van der Waals surface area contributed by atoms with E-state index < -0.39 is 58.9 Å². The number of aromatic nitrogens is 4. The van der Waals surface area contributed by atoms with E-state index in [-0.39, 0.29) is 39.3 Å². The number of esters is 1. The SMILES string of the molecule is COC(=O)c1cc(S(=O)(=O)NC(=O)c2[nH]c3cc(Cl)ccc3c2CCCOc2cc(C)c(Cl)c(C)c2)oc1C.Cc1cc(OCCCc2c(C(=O)NS(=O)(=O)c3ccc(C(=O)N4CCOCC4)n3C)[nH]c3cc(Cl)ccc23)cc(C)c1Cl.Cc1cc(OCCCc2c(C(=O)NS(C)(=O)=O)n(C)c3cc(Cl)ccc23)cc(C)c1Cl. The van der Waals surface area contributed by atoms with Crippen LogP contribution in [0.2, 0.25) is 30.1 Å². The van der Waals surface area contributed by atoms with Crippen LogP contribution in [-0.2, 0) is 72.9 Å². The van der Waals surface area contributed by atoms with Crippen molar-refractivity contribution in [1.29, 1.82) is 0 Å². The number of halogens is 6. The predicted octanol–water partition coefficient (Wildman–Crippen LogP) is 15.7. The van der Waals surface area contributed by atoms with Crippen molar-refractivity contribution in [2.24, 2.45) is 14.1 Å². The van der Waals surface area contributed by atoms with Crippen LogP contribution in [0.3, 0.4) is 0 Å². The van der Waals surface area contributed by atoms with Crippen molar-refractivity contribution < 1.29 is 77.3 Å². The zero-order chi connectivity index (χ0) is 82.3.